The maximum atomic E-state index is 5.21. The monoisotopic (exact) mass is 216 g/mol. The molecule has 16 heavy (non-hydrogen) atoms. The minimum absolute atomic E-state index is 0.512. The Morgan fingerprint density at radius 1 is 1.00 bits per heavy atom. The summed E-state index contributed by atoms with van der Waals surface area (Å²) < 4.78 is 10.2. The molecule has 2 rings (SSSR count). The van der Waals surface area contributed by atoms with Gasteiger partial charge in [0.2, 0.25) is 11.8 Å². The third-order valence-corrected chi connectivity index (χ3v) is 2.18. The number of nitrogens with zero attached hydrogens (tertiary/aromatic N) is 2. The molecule has 0 fully saturated rings. The second-order valence-electron chi connectivity index (χ2n) is 3.13. The van der Waals surface area contributed by atoms with Crippen LogP contribution in [0.1, 0.15) is 0 Å². The summed E-state index contributed by atoms with van der Waals surface area (Å²) >= 11 is 0. The molecule has 0 radical (unpaired) electrons. The molecule has 82 valence electrons. The normalized spacial score (nSPS) is 9.88. The van der Waals surface area contributed by atoms with Gasteiger partial charge in [-0.1, -0.05) is 6.07 Å². The summed E-state index contributed by atoms with van der Waals surface area (Å²) in [6.07, 6.45) is 1.74. The van der Waals surface area contributed by atoms with Crippen LogP contribution in [-0.4, -0.2) is 24.2 Å². The van der Waals surface area contributed by atoms with Crippen LogP contribution in [0.2, 0.25) is 0 Å². The van der Waals surface area contributed by atoms with Gasteiger partial charge in [0, 0.05) is 12.3 Å². The van der Waals surface area contributed by atoms with Gasteiger partial charge in [0.15, 0.2) is 0 Å². The van der Waals surface area contributed by atoms with Crippen LogP contribution in [0.15, 0.2) is 36.5 Å². The van der Waals surface area contributed by atoms with Gasteiger partial charge in [-0.2, -0.15) is 4.98 Å². The predicted molar refractivity (Wildman–Crippen MR) is 60.6 cm³/mol. The molecule has 0 saturated carbocycles. The number of aromatic nitrogens is 2. The van der Waals surface area contributed by atoms with Crippen molar-refractivity contribution in [2.24, 2.45) is 0 Å². The van der Waals surface area contributed by atoms with Crippen LogP contribution >= 0.6 is 0 Å². The van der Waals surface area contributed by atoms with E-state index in [1.165, 1.54) is 0 Å². The first-order valence-electron chi connectivity index (χ1n) is 4.85. The van der Waals surface area contributed by atoms with E-state index in [9.17, 15) is 0 Å². The van der Waals surface area contributed by atoms with E-state index in [1.54, 1.807) is 26.5 Å². The maximum Gasteiger partial charge on any atom is 0.225 e. The Morgan fingerprint density at radius 2 is 1.88 bits per heavy atom. The lowest BCUT2D eigenvalue weighted by molar-refractivity contribution is 0.366. The highest BCUT2D eigenvalue weighted by molar-refractivity contribution is 5.65. The van der Waals surface area contributed by atoms with Gasteiger partial charge in [0.25, 0.3) is 0 Å². The summed E-state index contributed by atoms with van der Waals surface area (Å²) in [5, 5.41) is 0. The number of pyridine rings is 2. The minimum atomic E-state index is 0.512. The number of methoxy groups -OCH3 is 2. The first-order valence-corrected chi connectivity index (χ1v) is 4.85. The Morgan fingerprint density at radius 3 is 2.50 bits per heavy atom. The molecule has 0 aromatic carbocycles. The first-order chi connectivity index (χ1) is 7.85. The van der Waals surface area contributed by atoms with Crippen LogP contribution in [0, 0.1) is 0 Å². The van der Waals surface area contributed by atoms with Gasteiger partial charge in [-0.05, 0) is 18.2 Å². The highest BCUT2D eigenvalue weighted by atomic mass is 16.5. The Bertz CT molecular complexity index is 472. The predicted octanol–water partition coefficient (Wildman–Crippen LogP) is 2.16. The molecule has 2 aromatic heterocycles. The lowest BCUT2D eigenvalue weighted by Crippen LogP contribution is -1.95. The third-order valence-electron chi connectivity index (χ3n) is 2.18. The van der Waals surface area contributed by atoms with E-state index in [0.29, 0.717) is 11.8 Å². The summed E-state index contributed by atoms with van der Waals surface area (Å²) in [4.78, 5) is 8.45. The zero-order valence-electron chi connectivity index (χ0n) is 9.18. The van der Waals surface area contributed by atoms with Crippen molar-refractivity contribution in [2.75, 3.05) is 14.2 Å². The number of hydrogen-bond acceptors (Lipinski definition) is 4. The van der Waals surface area contributed by atoms with E-state index in [4.69, 9.17) is 9.47 Å². The van der Waals surface area contributed by atoms with E-state index >= 15 is 0 Å². The smallest absolute Gasteiger partial charge is 0.225 e. The molecular weight excluding hydrogens is 204 g/mol. The second kappa shape index (κ2) is 4.61. The zero-order valence-corrected chi connectivity index (χ0v) is 9.18. The fourth-order valence-electron chi connectivity index (χ4n) is 1.41. The molecule has 0 unspecified atom stereocenters. The van der Waals surface area contributed by atoms with Crippen molar-refractivity contribution >= 4 is 0 Å². The second-order valence-corrected chi connectivity index (χ2v) is 3.13. The minimum Gasteiger partial charge on any atom is -0.481 e. The van der Waals surface area contributed by atoms with Crippen LogP contribution < -0.4 is 9.47 Å². The third kappa shape index (κ3) is 1.95. The Kier molecular flexibility index (Phi) is 3.00. The summed E-state index contributed by atoms with van der Waals surface area (Å²) in [7, 11) is 3.15. The van der Waals surface area contributed by atoms with Crippen molar-refractivity contribution in [2.45, 2.75) is 0 Å². The van der Waals surface area contributed by atoms with Crippen LogP contribution in [-0.2, 0) is 0 Å². The molecule has 2 heterocycles. The van der Waals surface area contributed by atoms with Crippen molar-refractivity contribution in [3.63, 3.8) is 0 Å². The molecule has 0 bridgehead atoms. The zero-order chi connectivity index (χ0) is 11.4. The fourth-order valence-corrected chi connectivity index (χ4v) is 1.41. The van der Waals surface area contributed by atoms with Crippen molar-refractivity contribution < 1.29 is 9.47 Å². The molecule has 0 aliphatic heterocycles. The number of ether oxygens (including phenoxy) is 2. The van der Waals surface area contributed by atoms with Gasteiger partial charge < -0.3 is 9.47 Å². The average molecular weight is 216 g/mol. The Labute approximate surface area is 93.9 Å². The van der Waals surface area contributed by atoms with E-state index in [2.05, 4.69) is 9.97 Å². The highest BCUT2D eigenvalue weighted by Gasteiger charge is 2.09. The molecule has 4 nitrogen and oxygen atoms in total. The van der Waals surface area contributed by atoms with Gasteiger partial charge in [0.05, 0.1) is 25.5 Å². The molecule has 0 N–H and O–H groups in total. The Hall–Kier alpha value is -2.10. The van der Waals surface area contributed by atoms with Crippen molar-refractivity contribution in [1.29, 1.82) is 0 Å². The number of hydrogen-bond donors (Lipinski definition) is 0. The van der Waals surface area contributed by atoms with Crippen LogP contribution in [0.3, 0.4) is 0 Å². The lowest BCUT2D eigenvalue weighted by atomic mass is 10.2. The SMILES string of the molecule is COc1ccc(-c2ccccn2)c(OC)n1. The maximum absolute atomic E-state index is 5.21. The Balaban J connectivity index is 2.49. The van der Waals surface area contributed by atoms with Gasteiger partial charge in [-0.25, -0.2) is 0 Å². The molecule has 4 heteroatoms. The van der Waals surface area contributed by atoms with Crippen molar-refractivity contribution in [3.05, 3.63) is 36.5 Å². The molecule has 0 saturated heterocycles. The quantitative estimate of drug-likeness (QED) is 0.788. The van der Waals surface area contributed by atoms with Gasteiger partial charge in [-0.3, -0.25) is 4.98 Å². The standard InChI is InChI=1S/C12H12N2O2/c1-15-11-7-6-9(12(14-11)16-2)10-5-3-4-8-13-10/h3-8H,1-2H3. The van der Waals surface area contributed by atoms with Gasteiger partial charge in [0.1, 0.15) is 0 Å². The van der Waals surface area contributed by atoms with Crippen LogP contribution in [0.4, 0.5) is 0 Å². The summed E-state index contributed by atoms with van der Waals surface area (Å²) in [6.45, 7) is 0. The van der Waals surface area contributed by atoms with Crippen LogP contribution in [0.5, 0.6) is 11.8 Å². The van der Waals surface area contributed by atoms with Crippen molar-refractivity contribution in [1.82, 2.24) is 9.97 Å². The van der Waals surface area contributed by atoms with E-state index in [1.807, 2.05) is 24.3 Å². The lowest BCUT2D eigenvalue weighted by Gasteiger charge is -2.08. The largest absolute Gasteiger partial charge is 0.481 e. The van der Waals surface area contributed by atoms with E-state index in [-0.39, 0.29) is 0 Å². The van der Waals surface area contributed by atoms with Gasteiger partial charge in [-0.15, -0.1) is 0 Å². The summed E-state index contributed by atoms with van der Waals surface area (Å²) in [5.41, 5.74) is 1.68. The number of rotatable bonds is 3. The highest BCUT2D eigenvalue weighted by Crippen LogP contribution is 2.28. The molecule has 0 spiro atoms. The molecule has 0 amide bonds. The van der Waals surface area contributed by atoms with Crippen molar-refractivity contribution in [3.8, 4) is 23.0 Å². The van der Waals surface area contributed by atoms with Gasteiger partial charge >= 0.3 is 0 Å². The first kappa shape index (κ1) is 10.4. The average Bonchev–Trinajstić information content (AvgIpc) is 2.39. The summed E-state index contributed by atoms with van der Waals surface area (Å²) in [6, 6.07) is 9.37. The summed E-state index contributed by atoms with van der Waals surface area (Å²) in [5.74, 6) is 1.04. The van der Waals surface area contributed by atoms with E-state index < -0.39 is 0 Å². The van der Waals surface area contributed by atoms with Crippen LogP contribution in [0.25, 0.3) is 11.3 Å². The molecule has 0 aliphatic carbocycles. The fraction of sp³-hybridized carbons (Fsp3) is 0.167. The molecule has 0 aliphatic rings. The molecular formula is C12H12N2O2. The molecule has 0 atom stereocenters. The van der Waals surface area contributed by atoms with E-state index in [0.717, 1.165) is 11.3 Å². The molecule has 2 aromatic rings. The topological polar surface area (TPSA) is 44.2 Å².